The lowest BCUT2D eigenvalue weighted by molar-refractivity contribution is -0.139. The van der Waals surface area contributed by atoms with Gasteiger partial charge in [-0.15, -0.1) is 0 Å². The first-order chi connectivity index (χ1) is 8.06. The van der Waals surface area contributed by atoms with Crippen molar-refractivity contribution >= 4 is 29.2 Å². The summed E-state index contributed by atoms with van der Waals surface area (Å²) < 4.78 is 0. The Labute approximate surface area is 110 Å². The molecule has 92 valence electrons. The second kappa shape index (κ2) is 5.25. The van der Waals surface area contributed by atoms with E-state index in [2.05, 4.69) is 5.32 Å². The van der Waals surface area contributed by atoms with Crippen molar-refractivity contribution in [1.29, 1.82) is 0 Å². The zero-order valence-electron chi connectivity index (χ0n) is 9.12. The fourth-order valence-electron chi connectivity index (χ4n) is 1.70. The maximum Gasteiger partial charge on any atom is 0.325 e. The predicted octanol–water partition coefficient (Wildman–Crippen LogP) is 3.12. The Morgan fingerprint density at radius 1 is 1.35 bits per heavy atom. The van der Waals surface area contributed by atoms with Crippen LogP contribution in [-0.2, 0) is 4.79 Å². The monoisotopic (exact) mass is 273 g/mol. The normalized spacial score (nSPS) is 16.8. The average Bonchev–Trinajstić information content (AvgIpc) is 2.99. The summed E-state index contributed by atoms with van der Waals surface area (Å²) in [6.07, 6.45) is 2.35. The van der Waals surface area contributed by atoms with Gasteiger partial charge in [0.05, 0.1) is 0 Å². The van der Waals surface area contributed by atoms with Gasteiger partial charge in [-0.05, 0) is 49.1 Å². The molecule has 0 unspecified atom stereocenters. The minimum absolute atomic E-state index is 0.451. The molecule has 1 aliphatic rings. The first kappa shape index (κ1) is 12.7. The first-order valence-electron chi connectivity index (χ1n) is 5.48. The highest BCUT2D eigenvalue weighted by Gasteiger charge is 2.26. The van der Waals surface area contributed by atoms with E-state index in [1.807, 2.05) is 0 Å². The number of hydrogen-bond acceptors (Lipinski definition) is 2. The van der Waals surface area contributed by atoms with Gasteiger partial charge >= 0.3 is 5.97 Å². The number of benzene rings is 1. The Balaban J connectivity index is 2.14. The summed E-state index contributed by atoms with van der Waals surface area (Å²) in [6.45, 7) is 0.723. The van der Waals surface area contributed by atoms with Gasteiger partial charge in [-0.25, -0.2) is 0 Å². The Kier molecular flexibility index (Phi) is 3.92. The van der Waals surface area contributed by atoms with Gasteiger partial charge in [0.2, 0.25) is 0 Å². The van der Waals surface area contributed by atoms with E-state index >= 15 is 0 Å². The number of nitrogens with one attached hydrogen (secondary N) is 1. The first-order valence-corrected chi connectivity index (χ1v) is 6.24. The molecule has 5 heteroatoms. The summed E-state index contributed by atoms with van der Waals surface area (Å²) in [6, 6.07) is 4.11. The van der Waals surface area contributed by atoms with Crippen molar-refractivity contribution in [2.75, 3.05) is 6.54 Å². The van der Waals surface area contributed by atoms with Crippen LogP contribution >= 0.6 is 23.2 Å². The maximum atomic E-state index is 11.2. The van der Waals surface area contributed by atoms with Gasteiger partial charge in [-0.3, -0.25) is 4.79 Å². The molecule has 1 aliphatic carbocycles. The standard InChI is InChI=1S/C12H13Cl2NO2/c13-9-3-8(4-10(14)5-9)11(12(16)17)15-6-7-1-2-7/h3-5,7,11,15H,1-2,6H2,(H,16,17)/t11-/m1/s1. The molecule has 17 heavy (non-hydrogen) atoms. The molecule has 1 fully saturated rings. The number of carboxylic acids is 1. The molecule has 1 atom stereocenters. The molecule has 0 bridgehead atoms. The van der Waals surface area contributed by atoms with Crippen LogP contribution in [0.2, 0.25) is 10.0 Å². The molecule has 0 heterocycles. The van der Waals surface area contributed by atoms with Gasteiger partial charge in [0.1, 0.15) is 6.04 Å². The largest absolute Gasteiger partial charge is 0.480 e. The Hall–Kier alpha value is -0.770. The molecule has 1 aromatic carbocycles. The van der Waals surface area contributed by atoms with Crippen LogP contribution in [0.4, 0.5) is 0 Å². The van der Waals surface area contributed by atoms with E-state index in [0.29, 0.717) is 21.5 Å². The summed E-state index contributed by atoms with van der Waals surface area (Å²) in [7, 11) is 0. The van der Waals surface area contributed by atoms with E-state index in [1.165, 1.54) is 12.8 Å². The molecule has 3 nitrogen and oxygen atoms in total. The van der Waals surface area contributed by atoms with Gasteiger partial charge in [-0.2, -0.15) is 0 Å². The molecule has 2 N–H and O–H groups in total. The van der Waals surface area contributed by atoms with E-state index in [9.17, 15) is 9.90 Å². The van der Waals surface area contributed by atoms with Crippen LogP contribution in [0.1, 0.15) is 24.4 Å². The van der Waals surface area contributed by atoms with Crippen LogP contribution in [-0.4, -0.2) is 17.6 Å². The van der Waals surface area contributed by atoms with E-state index < -0.39 is 12.0 Å². The lowest BCUT2D eigenvalue weighted by atomic mass is 10.1. The van der Waals surface area contributed by atoms with E-state index in [-0.39, 0.29) is 0 Å². The number of carboxylic acid groups (broad SMARTS) is 1. The minimum Gasteiger partial charge on any atom is -0.480 e. The van der Waals surface area contributed by atoms with Crippen LogP contribution < -0.4 is 5.32 Å². The number of hydrogen-bond donors (Lipinski definition) is 2. The summed E-state index contributed by atoms with van der Waals surface area (Å²) in [4.78, 5) is 11.2. The molecule has 0 amide bonds. The number of rotatable bonds is 5. The SMILES string of the molecule is O=C(O)[C@H](NCC1CC1)c1cc(Cl)cc(Cl)c1. The molecule has 2 rings (SSSR count). The minimum atomic E-state index is -0.913. The van der Waals surface area contributed by atoms with Crippen molar-refractivity contribution in [3.8, 4) is 0 Å². The number of carbonyl (C=O) groups is 1. The van der Waals surface area contributed by atoms with Crippen LogP contribution in [0.3, 0.4) is 0 Å². The van der Waals surface area contributed by atoms with Crippen molar-refractivity contribution in [1.82, 2.24) is 5.32 Å². The molecule has 0 spiro atoms. The molecular weight excluding hydrogens is 261 g/mol. The second-order valence-corrected chi connectivity index (χ2v) is 5.20. The third kappa shape index (κ3) is 3.60. The van der Waals surface area contributed by atoms with Crippen molar-refractivity contribution in [2.45, 2.75) is 18.9 Å². The van der Waals surface area contributed by atoms with Crippen LogP contribution in [0.25, 0.3) is 0 Å². The lowest BCUT2D eigenvalue weighted by Crippen LogP contribution is -2.30. The molecule has 1 aromatic rings. The van der Waals surface area contributed by atoms with E-state index in [4.69, 9.17) is 23.2 Å². The van der Waals surface area contributed by atoms with Crippen molar-refractivity contribution < 1.29 is 9.90 Å². The third-order valence-electron chi connectivity index (χ3n) is 2.77. The highest BCUT2D eigenvalue weighted by Crippen LogP contribution is 2.29. The second-order valence-electron chi connectivity index (χ2n) is 4.33. The average molecular weight is 274 g/mol. The summed E-state index contributed by atoms with van der Waals surface area (Å²) in [5.74, 6) is -0.296. The van der Waals surface area contributed by atoms with Crippen LogP contribution in [0.15, 0.2) is 18.2 Å². The number of aliphatic carboxylic acids is 1. The maximum absolute atomic E-state index is 11.2. The fourth-order valence-corrected chi connectivity index (χ4v) is 2.24. The lowest BCUT2D eigenvalue weighted by Gasteiger charge is -2.15. The molecule has 0 radical (unpaired) electrons. The molecule has 0 aromatic heterocycles. The topological polar surface area (TPSA) is 49.3 Å². The molecular formula is C12H13Cl2NO2. The van der Waals surface area contributed by atoms with Crippen molar-refractivity contribution in [2.24, 2.45) is 5.92 Å². The Morgan fingerprint density at radius 2 is 1.94 bits per heavy atom. The Bertz CT molecular complexity index is 412. The van der Waals surface area contributed by atoms with Crippen molar-refractivity contribution in [3.05, 3.63) is 33.8 Å². The van der Waals surface area contributed by atoms with Crippen LogP contribution in [0.5, 0.6) is 0 Å². The van der Waals surface area contributed by atoms with Gasteiger partial charge in [0.15, 0.2) is 0 Å². The summed E-state index contributed by atoms with van der Waals surface area (Å²) in [5.41, 5.74) is 0.593. The van der Waals surface area contributed by atoms with Gasteiger partial charge < -0.3 is 10.4 Å². The quantitative estimate of drug-likeness (QED) is 0.867. The summed E-state index contributed by atoms with van der Waals surface area (Å²) >= 11 is 11.7. The highest BCUT2D eigenvalue weighted by atomic mass is 35.5. The predicted molar refractivity (Wildman–Crippen MR) is 67.6 cm³/mol. The highest BCUT2D eigenvalue weighted by molar-refractivity contribution is 6.34. The van der Waals surface area contributed by atoms with E-state index in [0.717, 1.165) is 6.54 Å². The summed E-state index contributed by atoms with van der Waals surface area (Å²) in [5, 5.41) is 13.1. The van der Waals surface area contributed by atoms with Gasteiger partial charge in [0, 0.05) is 10.0 Å². The molecule has 0 aliphatic heterocycles. The third-order valence-corrected chi connectivity index (χ3v) is 3.21. The van der Waals surface area contributed by atoms with Crippen molar-refractivity contribution in [3.63, 3.8) is 0 Å². The van der Waals surface area contributed by atoms with Gasteiger partial charge in [-0.1, -0.05) is 23.2 Å². The Morgan fingerprint density at radius 3 is 2.41 bits per heavy atom. The zero-order valence-corrected chi connectivity index (χ0v) is 10.6. The molecule has 1 saturated carbocycles. The zero-order chi connectivity index (χ0) is 12.4. The smallest absolute Gasteiger partial charge is 0.325 e. The number of halogens is 2. The van der Waals surface area contributed by atoms with Crippen LogP contribution in [0, 0.1) is 5.92 Å². The van der Waals surface area contributed by atoms with Gasteiger partial charge in [0.25, 0.3) is 0 Å². The van der Waals surface area contributed by atoms with E-state index in [1.54, 1.807) is 18.2 Å². The molecule has 0 saturated heterocycles. The fraction of sp³-hybridized carbons (Fsp3) is 0.417.